The van der Waals surface area contributed by atoms with Gasteiger partial charge in [0.05, 0.1) is 12.2 Å². The van der Waals surface area contributed by atoms with Crippen molar-refractivity contribution in [1.29, 1.82) is 0 Å². The quantitative estimate of drug-likeness (QED) is 0.0542. The van der Waals surface area contributed by atoms with Gasteiger partial charge < -0.3 is 31.7 Å². The third kappa shape index (κ3) is 10.8. The van der Waals surface area contributed by atoms with Gasteiger partial charge >= 0.3 is 5.90 Å². The highest BCUT2D eigenvalue weighted by atomic mass is 19.1. The monoisotopic (exact) mass is 729 g/mol. The van der Waals surface area contributed by atoms with Crippen molar-refractivity contribution in [3.63, 3.8) is 0 Å². The van der Waals surface area contributed by atoms with Crippen LogP contribution in [0.3, 0.4) is 0 Å². The molecule has 10 nitrogen and oxygen atoms in total. The Bertz CT molecular complexity index is 1320. The molecule has 7 N–H and O–H groups in total. The summed E-state index contributed by atoms with van der Waals surface area (Å²) in [6.07, 6.45) is 19.0. The molecule has 0 spiro atoms. The average Bonchev–Trinajstić information content (AvgIpc) is 3.16. The Morgan fingerprint density at radius 3 is 2.62 bits per heavy atom. The molecular formula is C41H73FN8O2+2. The standard InChI is InChI=1S/C41H72FN8O2/c1-7-11-22-46-40(52-28-45-5)30-18-23-50(24-19-30)37-31-16-12-15-29(14-8-2)35(47-26-31)36(37)48-39(51)34(38(43)44)33-25-41(10-4,20-9-3)21-13-17-32(42)27-49(33)6/h17,22,27,29-30,33-36,38,45,47H,7-16,18-21,23-26,28,43-44H2,1-6H3/q+1/p+1. The van der Waals surface area contributed by atoms with E-state index in [1.165, 1.54) is 17.5 Å². The second-order valence-corrected chi connectivity index (χ2v) is 16.1. The van der Waals surface area contributed by atoms with E-state index in [0.717, 1.165) is 115 Å². The SMILES string of the molecule is CCCC=[N+]=C(OCNC)C1CCN(C2=C3CCCC(CCC)C(NC3)C2NC(=O)C(C(N)N)C2CC(CC)(CCC)CCC=C(F)C=[N+]2C)CC1. The maximum atomic E-state index is 15.1. The first-order valence-electron chi connectivity index (χ1n) is 20.7. The van der Waals surface area contributed by atoms with E-state index in [-0.39, 0.29) is 41.2 Å². The predicted molar refractivity (Wildman–Crippen MR) is 213 cm³/mol. The van der Waals surface area contributed by atoms with Crippen molar-refractivity contribution >= 4 is 24.2 Å². The molecule has 6 atom stereocenters. The number of nitrogens with two attached hydrogens (primary N) is 2. The van der Waals surface area contributed by atoms with Gasteiger partial charge in [-0.15, -0.1) is 0 Å². The molecule has 3 heterocycles. The van der Waals surface area contributed by atoms with E-state index in [9.17, 15) is 4.79 Å². The normalized spacial score (nSPS) is 28.1. The number of rotatable bonds is 15. The lowest BCUT2D eigenvalue weighted by Gasteiger charge is -2.48. The second kappa shape index (κ2) is 20.8. The molecular weight excluding hydrogens is 656 g/mol. The van der Waals surface area contributed by atoms with Crippen molar-refractivity contribution in [3.8, 4) is 0 Å². The van der Waals surface area contributed by atoms with Crippen LogP contribution in [0.5, 0.6) is 0 Å². The van der Waals surface area contributed by atoms with Crippen molar-refractivity contribution in [2.75, 3.05) is 40.5 Å². The summed E-state index contributed by atoms with van der Waals surface area (Å²) in [6.45, 7) is 11.9. The summed E-state index contributed by atoms with van der Waals surface area (Å²) < 4.78 is 27.9. The van der Waals surface area contributed by atoms with Crippen molar-refractivity contribution in [2.45, 2.75) is 148 Å². The van der Waals surface area contributed by atoms with Gasteiger partial charge in [0.15, 0.2) is 18.1 Å². The molecule has 3 aliphatic heterocycles. The molecule has 0 aromatic heterocycles. The minimum absolute atomic E-state index is 0.0338. The van der Waals surface area contributed by atoms with Gasteiger partial charge in [-0.2, -0.15) is 0 Å². The van der Waals surface area contributed by atoms with Crippen LogP contribution < -0.4 is 32.1 Å². The van der Waals surface area contributed by atoms with Gasteiger partial charge in [-0.1, -0.05) is 51.6 Å². The number of piperidine rings is 1. The summed E-state index contributed by atoms with van der Waals surface area (Å²) >= 11 is 0. The molecule has 0 aromatic rings. The lowest BCUT2D eigenvalue weighted by molar-refractivity contribution is -0.545. The van der Waals surface area contributed by atoms with Crippen LogP contribution in [0.4, 0.5) is 4.39 Å². The zero-order valence-corrected chi connectivity index (χ0v) is 33.4. The Hall–Kier alpha value is -2.56. The van der Waals surface area contributed by atoms with E-state index >= 15 is 4.39 Å². The number of likely N-dealkylation sites (tertiary alicyclic amines) is 1. The topological polar surface area (TPSA) is 135 Å². The lowest BCUT2D eigenvalue weighted by atomic mass is 9.70. The molecule has 294 valence electrons. The van der Waals surface area contributed by atoms with E-state index < -0.39 is 12.1 Å². The first kappa shape index (κ1) is 42.2. The number of fused-ring (bicyclic) bond motifs is 2. The van der Waals surface area contributed by atoms with Crippen molar-refractivity contribution in [1.82, 2.24) is 25.5 Å². The zero-order chi connectivity index (χ0) is 37.7. The van der Waals surface area contributed by atoms with Gasteiger partial charge in [0.25, 0.3) is 6.21 Å². The average molecular weight is 729 g/mol. The number of amides is 1. The molecule has 1 fully saturated rings. The van der Waals surface area contributed by atoms with Crippen LogP contribution in [-0.4, -0.2) is 98.5 Å². The fourth-order valence-corrected chi connectivity index (χ4v) is 9.62. The Morgan fingerprint density at radius 1 is 1.19 bits per heavy atom. The predicted octanol–water partition coefficient (Wildman–Crippen LogP) is 4.71. The number of ether oxygens (including phenoxy) is 1. The Kier molecular flexibility index (Phi) is 16.9. The third-order valence-electron chi connectivity index (χ3n) is 12.4. The van der Waals surface area contributed by atoms with Gasteiger partial charge in [-0.25, -0.2) is 8.97 Å². The van der Waals surface area contributed by atoms with Crippen molar-refractivity contribution < 1.29 is 18.5 Å². The number of hydrogen-bond donors (Lipinski definition) is 5. The summed E-state index contributed by atoms with van der Waals surface area (Å²) in [7, 11) is 3.77. The molecule has 6 unspecified atom stereocenters. The fourth-order valence-electron chi connectivity index (χ4n) is 9.62. The van der Waals surface area contributed by atoms with E-state index in [1.54, 1.807) is 6.08 Å². The first-order valence-corrected chi connectivity index (χ1v) is 20.7. The van der Waals surface area contributed by atoms with Crippen LogP contribution in [0.1, 0.15) is 124 Å². The zero-order valence-electron chi connectivity index (χ0n) is 33.4. The van der Waals surface area contributed by atoms with Crippen LogP contribution in [0.25, 0.3) is 0 Å². The molecule has 52 heavy (non-hydrogen) atoms. The van der Waals surface area contributed by atoms with Gasteiger partial charge in [0.1, 0.15) is 25.6 Å². The van der Waals surface area contributed by atoms with Crippen LogP contribution in [0, 0.1) is 23.2 Å². The first-order chi connectivity index (χ1) is 25.1. The molecule has 1 aliphatic carbocycles. The number of halogens is 1. The van der Waals surface area contributed by atoms with Crippen LogP contribution in [0.2, 0.25) is 0 Å². The summed E-state index contributed by atoms with van der Waals surface area (Å²) in [4.78, 5) is 17.5. The van der Waals surface area contributed by atoms with Crippen LogP contribution >= 0.6 is 0 Å². The Labute approximate surface area is 314 Å². The number of nitrogens with zero attached hydrogens (tertiary/aromatic N) is 3. The lowest BCUT2D eigenvalue weighted by Crippen LogP contribution is -2.64. The summed E-state index contributed by atoms with van der Waals surface area (Å²) in [5.41, 5.74) is 15.9. The molecule has 0 aromatic carbocycles. The number of allylic oxidation sites excluding steroid dienone is 2. The molecule has 1 amide bonds. The fraction of sp³-hybridized carbons (Fsp3) is 0.805. The molecule has 4 aliphatic rings. The van der Waals surface area contributed by atoms with E-state index in [4.69, 9.17) is 20.9 Å². The minimum atomic E-state index is -0.901. The molecule has 2 bridgehead atoms. The number of carbonyl (C=O) groups excluding carboxylic acids is 1. The molecule has 0 radical (unpaired) electrons. The van der Waals surface area contributed by atoms with Gasteiger partial charge in [0.2, 0.25) is 5.91 Å². The maximum absolute atomic E-state index is 15.1. The van der Waals surface area contributed by atoms with Gasteiger partial charge in [-0.3, -0.25) is 10.1 Å². The maximum Gasteiger partial charge on any atom is 0.465 e. The van der Waals surface area contributed by atoms with Gasteiger partial charge in [-0.05, 0) is 94.2 Å². The Balaban J connectivity index is 1.69. The molecule has 11 heteroatoms. The van der Waals surface area contributed by atoms with E-state index in [1.807, 2.05) is 24.9 Å². The van der Waals surface area contributed by atoms with Crippen molar-refractivity contribution in [2.24, 2.45) is 34.6 Å². The van der Waals surface area contributed by atoms with E-state index in [0.29, 0.717) is 19.1 Å². The highest BCUT2D eigenvalue weighted by molar-refractivity contribution is 5.82. The number of nitrogens with one attached hydrogen (secondary N) is 3. The number of hydrogen-bond acceptors (Lipinski definition) is 7. The highest BCUT2D eigenvalue weighted by Gasteiger charge is 2.47. The molecule has 4 rings (SSSR count). The van der Waals surface area contributed by atoms with Crippen molar-refractivity contribution in [3.05, 3.63) is 23.2 Å². The summed E-state index contributed by atoms with van der Waals surface area (Å²) in [5, 5.41) is 10.6. The largest absolute Gasteiger partial charge is 0.465 e. The number of unbranched alkanes of at least 4 members (excludes halogenated alkanes) is 1. The third-order valence-corrected chi connectivity index (χ3v) is 12.4. The highest BCUT2D eigenvalue weighted by Crippen LogP contribution is 2.42. The molecule has 0 saturated carbocycles. The van der Waals surface area contributed by atoms with Crippen LogP contribution in [-0.2, 0) is 9.53 Å². The Morgan fingerprint density at radius 2 is 1.96 bits per heavy atom. The smallest absolute Gasteiger partial charge is 0.419 e. The minimum Gasteiger partial charge on any atom is -0.419 e. The second-order valence-electron chi connectivity index (χ2n) is 16.1. The molecule has 1 saturated heterocycles. The van der Waals surface area contributed by atoms with Gasteiger partial charge in [0, 0.05) is 44.2 Å². The summed E-state index contributed by atoms with van der Waals surface area (Å²) in [6, 6.07) is -0.443. The van der Waals surface area contributed by atoms with E-state index in [2.05, 4.69) is 48.5 Å². The van der Waals surface area contributed by atoms with Crippen LogP contribution in [0.15, 0.2) is 23.2 Å². The number of carbonyl (C=O) groups is 1. The summed E-state index contributed by atoms with van der Waals surface area (Å²) in [5.74, 6) is 0.389.